The standard InChI is InChI=1S/C17H14N2O4/c20-15-13-9-5-6-10(17(9)7-8-17)14(13)16(21)18(15)11-3-1-2-4-12(11)19(22)23/h1-6,9-10,13-14H,7-8H2/t9-,10-,13-,14-/m0/s1. The molecule has 1 aliphatic heterocycles. The monoisotopic (exact) mass is 310 g/mol. The van der Waals surface area contributed by atoms with Gasteiger partial charge in [0.1, 0.15) is 5.69 Å². The van der Waals surface area contributed by atoms with E-state index in [9.17, 15) is 19.7 Å². The van der Waals surface area contributed by atoms with E-state index in [0.29, 0.717) is 0 Å². The molecule has 4 aliphatic rings. The summed E-state index contributed by atoms with van der Waals surface area (Å²) in [6.45, 7) is 0. The fraction of sp³-hybridized carbons (Fsp3) is 0.412. The fourth-order valence-electron chi connectivity index (χ4n) is 5.12. The summed E-state index contributed by atoms with van der Waals surface area (Å²) in [5, 5.41) is 11.2. The highest BCUT2D eigenvalue weighted by molar-refractivity contribution is 6.23. The summed E-state index contributed by atoms with van der Waals surface area (Å²) in [7, 11) is 0. The van der Waals surface area contributed by atoms with Crippen molar-refractivity contribution in [1.82, 2.24) is 0 Å². The van der Waals surface area contributed by atoms with Crippen LogP contribution in [0, 0.1) is 39.2 Å². The Morgan fingerprint density at radius 1 is 1.04 bits per heavy atom. The average Bonchev–Trinajstić information content (AvgIpc) is 3.13. The van der Waals surface area contributed by atoms with Crippen LogP contribution in [0.15, 0.2) is 36.4 Å². The van der Waals surface area contributed by atoms with Crippen molar-refractivity contribution < 1.29 is 14.5 Å². The highest BCUT2D eigenvalue weighted by Crippen LogP contribution is 2.73. The number of imide groups is 1. The normalized spacial score (nSPS) is 35.2. The second-order valence-electron chi connectivity index (χ2n) is 6.98. The van der Waals surface area contributed by atoms with Crippen molar-refractivity contribution in [3.05, 3.63) is 46.5 Å². The molecule has 2 bridgehead atoms. The summed E-state index contributed by atoms with van der Waals surface area (Å²) < 4.78 is 0. The molecule has 1 spiro atoms. The van der Waals surface area contributed by atoms with Crippen molar-refractivity contribution >= 4 is 23.2 Å². The van der Waals surface area contributed by atoms with Gasteiger partial charge in [0.15, 0.2) is 0 Å². The minimum absolute atomic E-state index is 0.103. The van der Waals surface area contributed by atoms with Crippen molar-refractivity contribution in [1.29, 1.82) is 0 Å². The van der Waals surface area contributed by atoms with Gasteiger partial charge in [-0.25, -0.2) is 4.90 Å². The Kier molecular flexibility index (Phi) is 2.19. The molecule has 5 rings (SSSR count). The number of allylic oxidation sites excluding steroid dienone is 2. The molecule has 4 atom stereocenters. The van der Waals surface area contributed by atoms with Crippen LogP contribution >= 0.6 is 0 Å². The quantitative estimate of drug-likeness (QED) is 0.363. The van der Waals surface area contributed by atoms with E-state index in [0.717, 1.165) is 17.7 Å². The van der Waals surface area contributed by atoms with Crippen LogP contribution in [-0.2, 0) is 9.59 Å². The van der Waals surface area contributed by atoms with Gasteiger partial charge in [0, 0.05) is 6.07 Å². The molecular weight excluding hydrogens is 296 g/mol. The number of fused-ring (bicyclic) bond motifs is 3. The minimum atomic E-state index is -0.542. The molecule has 2 saturated carbocycles. The van der Waals surface area contributed by atoms with Gasteiger partial charge in [-0.3, -0.25) is 19.7 Å². The lowest BCUT2D eigenvalue weighted by Gasteiger charge is -2.21. The van der Waals surface area contributed by atoms with E-state index < -0.39 is 4.92 Å². The zero-order valence-corrected chi connectivity index (χ0v) is 12.2. The number of para-hydroxylation sites is 2. The van der Waals surface area contributed by atoms with Crippen molar-refractivity contribution in [3.8, 4) is 0 Å². The molecule has 1 heterocycles. The molecule has 1 aromatic carbocycles. The molecule has 0 unspecified atom stereocenters. The first-order valence-corrected chi connectivity index (χ1v) is 7.86. The number of benzene rings is 1. The van der Waals surface area contributed by atoms with Crippen LogP contribution in [-0.4, -0.2) is 16.7 Å². The van der Waals surface area contributed by atoms with Crippen LogP contribution in [0.5, 0.6) is 0 Å². The molecule has 1 aromatic rings. The number of hydrogen-bond acceptors (Lipinski definition) is 4. The van der Waals surface area contributed by atoms with Gasteiger partial charge in [-0.2, -0.15) is 0 Å². The van der Waals surface area contributed by atoms with E-state index in [4.69, 9.17) is 0 Å². The highest BCUT2D eigenvalue weighted by Gasteiger charge is 2.73. The number of anilines is 1. The Hall–Kier alpha value is -2.50. The van der Waals surface area contributed by atoms with Crippen molar-refractivity contribution in [2.24, 2.45) is 29.1 Å². The molecule has 3 aliphatic carbocycles. The van der Waals surface area contributed by atoms with Gasteiger partial charge in [-0.05, 0) is 36.2 Å². The number of nitro groups is 1. The lowest BCUT2D eigenvalue weighted by molar-refractivity contribution is -0.384. The van der Waals surface area contributed by atoms with Crippen LogP contribution in [0.4, 0.5) is 11.4 Å². The largest absolute Gasteiger partial charge is 0.293 e. The molecule has 6 heteroatoms. The van der Waals surface area contributed by atoms with Crippen LogP contribution < -0.4 is 4.90 Å². The van der Waals surface area contributed by atoms with E-state index >= 15 is 0 Å². The third kappa shape index (κ3) is 1.35. The van der Waals surface area contributed by atoms with Crippen LogP contribution in [0.3, 0.4) is 0 Å². The number of amides is 2. The molecule has 116 valence electrons. The van der Waals surface area contributed by atoms with E-state index in [1.165, 1.54) is 18.2 Å². The second-order valence-corrected chi connectivity index (χ2v) is 6.98. The first-order valence-electron chi connectivity index (χ1n) is 7.86. The minimum Gasteiger partial charge on any atom is -0.274 e. The summed E-state index contributed by atoms with van der Waals surface area (Å²) in [4.78, 5) is 37.6. The van der Waals surface area contributed by atoms with Gasteiger partial charge in [0.25, 0.3) is 5.69 Å². The number of nitrogens with zero attached hydrogens (tertiary/aromatic N) is 2. The molecule has 23 heavy (non-hydrogen) atoms. The van der Waals surface area contributed by atoms with E-state index in [1.54, 1.807) is 6.07 Å². The fourth-order valence-corrected chi connectivity index (χ4v) is 5.12. The van der Waals surface area contributed by atoms with Crippen molar-refractivity contribution in [3.63, 3.8) is 0 Å². The van der Waals surface area contributed by atoms with E-state index in [1.807, 2.05) is 0 Å². The first kappa shape index (κ1) is 13.0. The summed E-state index contributed by atoms with van der Waals surface area (Å²) in [5.41, 5.74) is 0.0387. The maximum atomic E-state index is 12.9. The topological polar surface area (TPSA) is 80.5 Å². The van der Waals surface area contributed by atoms with Crippen molar-refractivity contribution in [2.45, 2.75) is 12.8 Å². The summed E-state index contributed by atoms with van der Waals surface area (Å²) in [6, 6.07) is 5.97. The van der Waals surface area contributed by atoms with Gasteiger partial charge < -0.3 is 0 Å². The molecule has 0 aromatic heterocycles. The maximum absolute atomic E-state index is 12.9. The molecule has 2 amide bonds. The number of carbonyl (C=O) groups excluding carboxylic acids is 2. The van der Waals surface area contributed by atoms with Gasteiger partial charge in [-0.15, -0.1) is 0 Å². The van der Waals surface area contributed by atoms with Gasteiger partial charge in [-0.1, -0.05) is 24.3 Å². The predicted molar refractivity (Wildman–Crippen MR) is 80.4 cm³/mol. The number of hydrogen-bond donors (Lipinski definition) is 0. The van der Waals surface area contributed by atoms with E-state index in [-0.39, 0.29) is 52.3 Å². The third-order valence-electron chi connectivity index (χ3n) is 6.17. The number of rotatable bonds is 2. The van der Waals surface area contributed by atoms with Gasteiger partial charge in [0.2, 0.25) is 11.8 Å². The molecule has 0 radical (unpaired) electrons. The molecular formula is C17H14N2O4. The Bertz CT molecular complexity index is 777. The molecule has 0 N–H and O–H groups in total. The highest BCUT2D eigenvalue weighted by atomic mass is 16.6. The Morgan fingerprint density at radius 3 is 2.13 bits per heavy atom. The molecule has 6 nitrogen and oxygen atoms in total. The first-order chi connectivity index (χ1) is 11.1. The number of carbonyl (C=O) groups is 2. The lowest BCUT2D eigenvalue weighted by Crippen LogP contribution is -2.35. The Labute approximate surface area is 131 Å². The molecule has 1 saturated heterocycles. The van der Waals surface area contributed by atoms with Crippen LogP contribution in [0.25, 0.3) is 0 Å². The van der Waals surface area contributed by atoms with Crippen molar-refractivity contribution in [2.75, 3.05) is 4.90 Å². The third-order valence-corrected chi connectivity index (χ3v) is 6.17. The summed E-state index contributed by atoms with van der Waals surface area (Å²) >= 11 is 0. The van der Waals surface area contributed by atoms with Crippen LogP contribution in [0.1, 0.15) is 12.8 Å². The summed E-state index contributed by atoms with van der Waals surface area (Å²) in [5.74, 6) is -0.946. The van der Waals surface area contributed by atoms with Crippen LogP contribution in [0.2, 0.25) is 0 Å². The summed E-state index contributed by atoms with van der Waals surface area (Å²) in [6.07, 6.45) is 6.34. The Balaban J connectivity index is 1.60. The lowest BCUT2D eigenvalue weighted by atomic mass is 9.85. The SMILES string of the molecule is O=C1[C@@H]2[C@@H](C(=O)N1c1ccccc1[N+](=O)[O-])[C@@H]1C=C[C@@H]2C12CC2. The second kappa shape index (κ2) is 3.88. The predicted octanol–water partition coefficient (Wildman–Crippen LogP) is 2.30. The average molecular weight is 310 g/mol. The van der Waals surface area contributed by atoms with E-state index in [2.05, 4.69) is 12.2 Å². The molecule has 3 fully saturated rings. The number of nitro benzene ring substituents is 1. The van der Waals surface area contributed by atoms with Gasteiger partial charge >= 0.3 is 0 Å². The maximum Gasteiger partial charge on any atom is 0.293 e. The zero-order chi connectivity index (χ0) is 15.9. The smallest absolute Gasteiger partial charge is 0.274 e. The zero-order valence-electron chi connectivity index (χ0n) is 12.2. The van der Waals surface area contributed by atoms with Gasteiger partial charge in [0.05, 0.1) is 16.8 Å². The Morgan fingerprint density at radius 2 is 1.61 bits per heavy atom.